The molecule has 1 atom stereocenters. The van der Waals surface area contributed by atoms with E-state index in [0.717, 1.165) is 18.2 Å². The summed E-state index contributed by atoms with van der Waals surface area (Å²) in [5.74, 6) is -2.84. The van der Waals surface area contributed by atoms with Crippen LogP contribution in [0.5, 0.6) is 11.5 Å². The number of nitrogens with two attached hydrogens (primary N) is 1. The number of hydrogen-bond donors (Lipinski definition) is 3. The highest BCUT2D eigenvalue weighted by atomic mass is 19.4. The second-order valence-electron chi connectivity index (χ2n) is 3.07. The number of phenols is 2. The van der Waals surface area contributed by atoms with Crippen molar-refractivity contribution in [2.45, 2.75) is 12.1 Å². The first-order valence-electron chi connectivity index (χ1n) is 4.15. The van der Waals surface area contributed by atoms with Crippen molar-refractivity contribution >= 4 is 0 Å². The van der Waals surface area contributed by atoms with Crippen molar-refractivity contribution in [3.63, 3.8) is 0 Å². The monoisotopic (exact) mass is 221 g/mol. The number of alkyl halides is 3. The van der Waals surface area contributed by atoms with Crippen LogP contribution in [-0.4, -0.2) is 22.9 Å². The van der Waals surface area contributed by atoms with E-state index in [0.29, 0.717) is 0 Å². The fourth-order valence-electron chi connectivity index (χ4n) is 1.26. The lowest BCUT2D eigenvalue weighted by Gasteiger charge is -2.19. The molecular weight excluding hydrogens is 211 g/mol. The number of halogens is 3. The Labute approximate surface area is 84.0 Å². The van der Waals surface area contributed by atoms with Gasteiger partial charge in [0.1, 0.15) is 11.5 Å². The Morgan fingerprint density at radius 2 is 1.87 bits per heavy atom. The van der Waals surface area contributed by atoms with E-state index in [-0.39, 0.29) is 5.75 Å². The molecule has 84 valence electrons. The molecule has 0 spiro atoms. The first-order chi connectivity index (χ1) is 6.86. The van der Waals surface area contributed by atoms with Gasteiger partial charge in [0.15, 0.2) is 0 Å². The maximum absolute atomic E-state index is 12.4. The molecule has 1 aromatic rings. The predicted molar refractivity (Wildman–Crippen MR) is 47.6 cm³/mol. The summed E-state index contributed by atoms with van der Waals surface area (Å²) in [4.78, 5) is 0. The second-order valence-corrected chi connectivity index (χ2v) is 3.07. The largest absolute Gasteiger partial charge is 0.508 e. The van der Waals surface area contributed by atoms with E-state index in [1.165, 1.54) is 0 Å². The third-order valence-corrected chi connectivity index (χ3v) is 2.02. The van der Waals surface area contributed by atoms with Gasteiger partial charge in [0.05, 0.1) is 5.92 Å². The molecule has 0 aromatic heterocycles. The van der Waals surface area contributed by atoms with Crippen LogP contribution < -0.4 is 5.73 Å². The molecule has 0 amide bonds. The van der Waals surface area contributed by atoms with Crippen LogP contribution in [0.25, 0.3) is 0 Å². The van der Waals surface area contributed by atoms with Gasteiger partial charge in [0, 0.05) is 12.1 Å². The molecule has 0 aliphatic heterocycles. The maximum atomic E-state index is 12.4. The van der Waals surface area contributed by atoms with E-state index < -0.39 is 30.0 Å². The van der Waals surface area contributed by atoms with Gasteiger partial charge in [-0.1, -0.05) is 0 Å². The summed E-state index contributed by atoms with van der Waals surface area (Å²) in [5, 5.41) is 18.3. The minimum absolute atomic E-state index is 0.342. The lowest BCUT2D eigenvalue weighted by atomic mass is 9.97. The van der Waals surface area contributed by atoms with Crippen LogP contribution in [0, 0.1) is 0 Å². The second kappa shape index (κ2) is 3.98. The Morgan fingerprint density at radius 3 is 2.33 bits per heavy atom. The number of rotatable bonds is 2. The Balaban J connectivity index is 3.18. The Kier molecular flexibility index (Phi) is 3.09. The van der Waals surface area contributed by atoms with Crippen molar-refractivity contribution in [1.29, 1.82) is 0 Å². The van der Waals surface area contributed by atoms with Gasteiger partial charge in [-0.3, -0.25) is 0 Å². The standard InChI is InChI=1S/C9H10F3NO2/c10-9(11,12)7(4-13)6-3-5(14)1-2-8(6)15/h1-3,7,14-15H,4,13H2. The summed E-state index contributed by atoms with van der Waals surface area (Å²) in [6, 6.07) is 2.96. The van der Waals surface area contributed by atoms with Crippen LogP contribution in [0.15, 0.2) is 18.2 Å². The average Bonchev–Trinajstić information content (AvgIpc) is 2.10. The summed E-state index contributed by atoms with van der Waals surface area (Å²) >= 11 is 0. The fourth-order valence-corrected chi connectivity index (χ4v) is 1.26. The van der Waals surface area contributed by atoms with Gasteiger partial charge < -0.3 is 15.9 Å². The smallest absolute Gasteiger partial charge is 0.397 e. The Hall–Kier alpha value is -1.43. The Morgan fingerprint density at radius 1 is 1.27 bits per heavy atom. The van der Waals surface area contributed by atoms with Crippen LogP contribution in [-0.2, 0) is 0 Å². The van der Waals surface area contributed by atoms with Crippen LogP contribution in [0.2, 0.25) is 0 Å². The van der Waals surface area contributed by atoms with Gasteiger partial charge in [0.2, 0.25) is 0 Å². The number of phenolic OH excluding ortho intramolecular Hbond substituents is 2. The molecule has 3 nitrogen and oxygen atoms in total. The summed E-state index contributed by atoms with van der Waals surface area (Å²) in [7, 11) is 0. The zero-order chi connectivity index (χ0) is 11.6. The molecule has 0 aliphatic rings. The molecule has 0 radical (unpaired) electrons. The van der Waals surface area contributed by atoms with Crippen LogP contribution in [0.4, 0.5) is 13.2 Å². The quantitative estimate of drug-likeness (QED) is 0.666. The van der Waals surface area contributed by atoms with Crippen molar-refractivity contribution in [2.75, 3.05) is 6.54 Å². The first kappa shape index (κ1) is 11.6. The summed E-state index contributed by atoms with van der Waals surface area (Å²) < 4.78 is 37.3. The molecule has 6 heteroatoms. The molecule has 0 saturated carbocycles. The topological polar surface area (TPSA) is 66.5 Å². The molecule has 0 fully saturated rings. The zero-order valence-electron chi connectivity index (χ0n) is 7.62. The van der Waals surface area contributed by atoms with E-state index in [4.69, 9.17) is 10.8 Å². The highest BCUT2D eigenvalue weighted by Gasteiger charge is 2.41. The third-order valence-electron chi connectivity index (χ3n) is 2.02. The Bertz CT molecular complexity index is 352. The van der Waals surface area contributed by atoms with Crippen molar-refractivity contribution in [1.82, 2.24) is 0 Å². The van der Waals surface area contributed by atoms with E-state index >= 15 is 0 Å². The average molecular weight is 221 g/mol. The van der Waals surface area contributed by atoms with Crippen LogP contribution in [0.1, 0.15) is 11.5 Å². The number of aromatic hydroxyl groups is 2. The summed E-state index contributed by atoms with van der Waals surface area (Å²) in [6.45, 7) is -0.680. The fraction of sp³-hybridized carbons (Fsp3) is 0.333. The number of hydrogen-bond acceptors (Lipinski definition) is 3. The highest BCUT2D eigenvalue weighted by molar-refractivity contribution is 5.41. The number of benzene rings is 1. The molecule has 1 unspecified atom stereocenters. The van der Waals surface area contributed by atoms with Gasteiger partial charge in [-0.15, -0.1) is 0 Å². The van der Waals surface area contributed by atoms with Crippen LogP contribution in [0.3, 0.4) is 0 Å². The van der Waals surface area contributed by atoms with E-state index in [2.05, 4.69) is 0 Å². The third kappa shape index (κ3) is 2.53. The minimum atomic E-state index is -4.54. The van der Waals surface area contributed by atoms with Crippen LogP contribution >= 0.6 is 0 Å². The maximum Gasteiger partial charge on any atom is 0.397 e. The summed E-state index contributed by atoms with van der Waals surface area (Å²) in [6.07, 6.45) is -4.54. The van der Waals surface area contributed by atoms with Gasteiger partial charge in [0.25, 0.3) is 0 Å². The molecular formula is C9H10F3NO2. The van der Waals surface area contributed by atoms with Gasteiger partial charge in [-0.2, -0.15) is 13.2 Å². The lowest BCUT2D eigenvalue weighted by molar-refractivity contribution is -0.148. The molecule has 15 heavy (non-hydrogen) atoms. The predicted octanol–water partition coefficient (Wildman–Crippen LogP) is 1.70. The van der Waals surface area contributed by atoms with Gasteiger partial charge >= 0.3 is 6.18 Å². The van der Waals surface area contributed by atoms with Gasteiger partial charge in [-0.05, 0) is 18.2 Å². The zero-order valence-corrected chi connectivity index (χ0v) is 7.62. The van der Waals surface area contributed by atoms with E-state index in [9.17, 15) is 18.3 Å². The van der Waals surface area contributed by atoms with E-state index in [1.54, 1.807) is 0 Å². The van der Waals surface area contributed by atoms with Crippen molar-refractivity contribution in [3.05, 3.63) is 23.8 Å². The van der Waals surface area contributed by atoms with Gasteiger partial charge in [-0.25, -0.2) is 0 Å². The molecule has 1 rings (SSSR count). The molecule has 0 aliphatic carbocycles. The van der Waals surface area contributed by atoms with Crippen molar-refractivity contribution in [2.24, 2.45) is 5.73 Å². The highest BCUT2D eigenvalue weighted by Crippen LogP contribution is 2.39. The summed E-state index contributed by atoms with van der Waals surface area (Å²) in [5.41, 5.74) is 4.59. The first-order valence-corrected chi connectivity index (χ1v) is 4.15. The van der Waals surface area contributed by atoms with E-state index in [1.807, 2.05) is 0 Å². The molecule has 0 heterocycles. The lowest BCUT2D eigenvalue weighted by Crippen LogP contribution is -2.28. The van der Waals surface area contributed by atoms with Crippen molar-refractivity contribution < 1.29 is 23.4 Å². The molecule has 1 aromatic carbocycles. The SMILES string of the molecule is NCC(c1cc(O)ccc1O)C(F)(F)F. The van der Waals surface area contributed by atoms with Crippen molar-refractivity contribution in [3.8, 4) is 11.5 Å². The normalized spacial score (nSPS) is 13.9. The molecule has 4 N–H and O–H groups in total. The minimum Gasteiger partial charge on any atom is -0.508 e. The molecule has 0 bridgehead atoms. The molecule has 0 saturated heterocycles.